The number of aromatic hydroxyl groups is 1. The van der Waals surface area contributed by atoms with E-state index in [0.717, 1.165) is 12.3 Å². The zero-order chi connectivity index (χ0) is 14.0. The average Bonchev–Trinajstić information content (AvgIpc) is 2.36. The van der Waals surface area contributed by atoms with Crippen molar-refractivity contribution < 1.29 is 14.3 Å². The van der Waals surface area contributed by atoms with Crippen molar-refractivity contribution in [3.05, 3.63) is 52.0 Å². The molecule has 2 N–H and O–H groups in total. The van der Waals surface area contributed by atoms with E-state index in [9.17, 15) is 14.3 Å². The van der Waals surface area contributed by atoms with Crippen LogP contribution in [0.15, 0.2) is 30.5 Å². The van der Waals surface area contributed by atoms with Crippen LogP contribution in [0.3, 0.4) is 0 Å². The highest BCUT2D eigenvalue weighted by atomic mass is 35.5. The smallest absolute Gasteiger partial charge is 0.257 e. The van der Waals surface area contributed by atoms with E-state index in [1.54, 1.807) is 0 Å². The van der Waals surface area contributed by atoms with E-state index >= 15 is 0 Å². The van der Waals surface area contributed by atoms with E-state index in [4.69, 9.17) is 23.2 Å². The first-order valence-electron chi connectivity index (χ1n) is 5.08. The fourth-order valence-corrected chi connectivity index (χ4v) is 1.84. The number of aromatic nitrogens is 1. The molecule has 1 amide bonds. The molecule has 1 aromatic heterocycles. The summed E-state index contributed by atoms with van der Waals surface area (Å²) < 4.78 is 12.6. The van der Waals surface area contributed by atoms with Gasteiger partial charge in [0.15, 0.2) is 5.75 Å². The summed E-state index contributed by atoms with van der Waals surface area (Å²) in [5.41, 5.74) is 0.490. The van der Waals surface area contributed by atoms with Crippen molar-refractivity contribution in [3.8, 4) is 5.75 Å². The van der Waals surface area contributed by atoms with Crippen LogP contribution >= 0.6 is 23.2 Å². The SMILES string of the molecule is O=C(Nc1cc(Cl)c(O)c(Cl)c1)c1ccc(F)nc1. The van der Waals surface area contributed by atoms with Gasteiger partial charge >= 0.3 is 0 Å². The molecule has 1 heterocycles. The number of amides is 1. The van der Waals surface area contributed by atoms with E-state index in [1.807, 2.05) is 0 Å². The molecule has 0 atom stereocenters. The highest BCUT2D eigenvalue weighted by Crippen LogP contribution is 2.34. The average molecular weight is 301 g/mol. The number of nitrogens with one attached hydrogen (secondary N) is 1. The fourth-order valence-electron chi connectivity index (χ4n) is 1.35. The Bertz CT molecular complexity index is 609. The molecule has 0 aliphatic carbocycles. The summed E-state index contributed by atoms with van der Waals surface area (Å²) in [6.45, 7) is 0. The van der Waals surface area contributed by atoms with Crippen molar-refractivity contribution in [2.24, 2.45) is 0 Å². The summed E-state index contributed by atoms with van der Waals surface area (Å²) in [5, 5.41) is 11.9. The van der Waals surface area contributed by atoms with Crippen LogP contribution < -0.4 is 5.32 Å². The summed E-state index contributed by atoms with van der Waals surface area (Å²) >= 11 is 11.4. The summed E-state index contributed by atoms with van der Waals surface area (Å²) in [4.78, 5) is 15.2. The molecule has 0 saturated heterocycles. The molecule has 0 aliphatic rings. The maximum absolute atomic E-state index is 12.6. The first-order chi connectivity index (χ1) is 8.97. The van der Waals surface area contributed by atoms with Gasteiger partial charge in [-0.15, -0.1) is 0 Å². The lowest BCUT2D eigenvalue weighted by Crippen LogP contribution is -2.12. The number of rotatable bonds is 2. The van der Waals surface area contributed by atoms with E-state index in [-0.39, 0.29) is 21.4 Å². The molecule has 0 aliphatic heterocycles. The number of halogens is 3. The fraction of sp³-hybridized carbons (Fsp3) is 0. The molecule has 98 valence electrons. The second-order valence-electron chi connectivity index (χ2n) is 3.61. The topological polar surface area (TPSA) is 62.2 Å². The number of hydrogen-bond acceptors (Lipinski definition) is 3. The highest BCUT2D eigenvalue weighted by molar-refractivity contribution is 6.37. The summed E-state index contributed by atoms with van der Waals surface area (Å²) in [7, 11) is 0. The second-order valence-corrected chi connectivity index (χ2v) is 4.43. The minimum atomic E-state index is -0.674. The number of benzene rings is 1. The largest absolute Gasteiger partial charge is 0.505 e. The Morgan fingerprint density at radius 2 is 1.89 bits per heavy atom. The van der Waals surface area contributed by atoms with Crippen molar-refractivity contribution in [3.63, 3.8) is 0 Å². The third kappa shape index (κ3) is 3.13. The molecule has 7 heteroatoms. The first-order valence-corrected chi connectivity index (χ1v) is 5.84. The van der Waals surface area contributed by atoms with Crippen LogP contribution in [0.5, 0.6) is 5.75 Å². The number of nitrogens with zero attached hydrogens (tertiary/aromatic N) is 1. The number of anilines is 1. The molecule has 0 unspecified atom stereocenters. The van der Waals surface area contributed by atoms with Gasteiger partial charge in [0, 0.05) is 11.9 Å². The quantitative estimate of drug-likeness (QED) is 0.659. The lowest BCUT2D eigenvalue weighted by molar-refractivity contribution is 0.102. The lowest BCUT2D eigenvalue weighted by atomic mass is 10.2. The zero-order valence-corrected chi connectivity index (χ0v) is 10.8. The van der Waals surface area contributed by atoms with E-state index < -0.39 is 11.9 Å². The molecule has 2 rings (SSSR count). The van der Waals surface area contributed by atoms with Crippen LogP contribution in [0, 0.1) is 5.95 Å². The maximum atomic E-state index is 12.6. The maximum Gasteiger partial charge on any atom is 0.257 e. The Hall–Kier alpha value is -1.85. The molecular weight excluding hydrogens is 294 g/mol. The monoisotopic (exact) mass is 300 g/mol. The molecule has 19 heavy (non-hydrogen) atoms. The van der Waals surface area contributed by atoms with Crippen molar-refractivity contribution in [2.45, 2.75) is 0 Å². The van der Waals surface area contributed by atoms with Gasteiger partial charge in [-0.1, -0.05) is 23.2 Å². The Balaban J connectivity index is 2.22. The number of pyridine rings is 1. The van der Waals surface area contributed by atoms with E-state index in [2.05, 4.69) is 10.3 Å². The van der Waals surface area contributed by atoms with Gasteiger partial charge in [0.2, 0.25) is 5.95 Å². The minimum Gasteiger partial charge on any atom is -0.505 e. The van der Waals surface area contributed by atoms with Crippen molar-refractivity contribution in [1.82, 2.24) is 4.98 Å². The normalized spacial score (nSPS) is 10.3. The summed E-state index contributed by atoms with van der Waals surface area (Å²) in [6.07, 6.45) is 1.11. The number of phenolic OH excluding ortho intramolecular Hbond substituents is 1. The van der Waals surface area contributed by atoms with Gasteiger partial charge in [0.1, 0.15) is 0 Å². The Kier molecular flexibility index (Phi) is 3.87. The summed E-state index contributed by atoms with van der Waals surface area (Å²) in [6, 6.07) is 5.06. The van der Waals surface area contributed by atoms with Gasteiger partial charge in [0.05, 0.1) is 15.6 Å². The van der Waals surface area contributed by atoms with E-state index in [1.165, 1.54) is 18.2 Å². The molecule has 4 nitrogen and oxygen atoms in total. The lowest BCUT2D eigenvalue weighted by Gasteiger charge is -2.07. The molecule has 0 bridgehead atoms. The highest BCUT2D eigenvalue weighted by Gasteiger charge is 2.11. The predicted molar refractivity (Wildman–Crippen MR) is 70.3 cm³/mol. The molecule has 2 aromatic rings. The van der Waals surface area contributed by atoms with Gasteiger partial charge < -0.3 is 10.4 Å². The van der Waals surface area contributed by atoms with Crippen LogP contribution in [0.4, 0.5) is 10.1 Å². The third-order valence-corrected chi connectivity index (χ3v) is 2.84. The van der Waals surface area contributed by atoms with Gasteiger partial charge in [-0.25, -0.2) is 4.98 Å². The van der Waals surface area contributed by atoms with Gasteiger partial charge in [-0.3, -0.25) is 4.79 Å². The van der Waals surface area contributed by atoms with Crippen LogP contribution in [0.25, 0.3) is 0 Å². The molecule has 0 saturated carbocycles. The zero-order valence-electron chi connectivity index (χ0n) is 9.32. The number of hydrogen-bond donors (Lipinski definition) is 2. The first kappa shape index (κ1) is 13.6. The molecular formula is C12H7Cl2FN2O2. The predicted octanol–water partition coefficient (Wildman–Crippen LogP) is 3.49. The van der Waals surface area contributed by atoms with Crippen molar-refractivity contribution in [1.29, 1.82) is 0 Å². The van der Waals surface area contributed by atoms with Crippen LogP contribution in [0.1, 0.15) is 10.4 Å². The van der Waals surface area contributed by atoms with E-state index in [0.29, 0.717) is 5.69 Å². The molecule has 0 fully saturated rings. The van der Waals surface area contributed by atoms with Crippen molar-refractivity contribution in [2.75, 3.05) is 5.32 Å². The summed E-state index contributed by atoms with van der Waals surface area (Å²) in [5.74, 6) is -1.43. The number of carbonyl (C=O) groups is 1. The molecule has 0 radical (unpaired) electrons. The standard InChI is InChI=1S/C12H7Cl2FN2O2/c13-8-3-7(4-9(14)11(8)18)17-12(19)6-1-2-10(15)16-5-6/h1-5,18H,(H,17,19). The van der Waals surface area contributed by atoms with Crippen LogP contribution in [-0.4, -0.2) is 16.0 Å². The molecule has 0 spiro atoms. The number of phenols is 1. The van der Waals surface area contributed by atoms with Crippen LogP contribution in [-0.2, 0) is 0 Å². The molecule has 1 aromatic carbocycles. The Labute approximate surface area is 117 Å². The minimum absolute atomic E-state index is 0.0139. The second kappa shape index (κ2) is 5.42. The Morgan fingerprint density at radius 3 is 2.42 bits per heavy atom. The number of carbonyl (C=O) groups excluding carboxylic acids is 1. The van der Waals surface area contributed by atoms with Crippen molar-refractivity contribution >= 4 is 34.8 Å². The van der Waals surface area contributed by atoms with Gasteiger partial charge in [-0.2, -0.15) is 4.39 Å². The Morgan fingerprint density at radius 1 is 1.26 bits per heavy atom. The van der Waals surface area contributed by atoms with Gasteiger partial charge in [-0.05, 0) is 24.3 Å². The van der Waals surface area contributed by atoms with Gasteiger partial charge in [0.25, 0.3) is 5.91 Å². The third-order valence-electron chi connectivity index (χ3n) is 2.26. The van der Waals surface area contributed by atoms with Crippen LogP contribution in [0.2, 0.25) is 10.0 Å².